The number of amides is 1. The van der Waals surface area contributed by atoms with Crippen LogP contribution in [0.15, 0.2) is 24.3 Å². The molecule has 1 aromatic carbocycles. The molecule has 0 saturated carbocycles. The quantitative estimate of drug-likeness (QED) is 0.918. The van der Waals surface area contributed by atoms with Crippen molar-refractivity contribution in [3.63, 3.8) is 0 Å². The Morgan fingerprint density at radius 1 is 1.13 bits per heavy atom. The van der Waals surface area contributed by atoms with Crippen LogP contribution in [0.2, 0.25) is 0 Å². The third kappa shape index (κ3) is 4.00. The lowest BCUT2D eigenvalue weighted by Gasteiger charge is -2.18. The van der Waals surface area contributed by atoms with E-state index in [0.717, 1.165) is 12.1 Å². The van der Waals surface area contributed by atoms with E-state index >= 15 is 0 Å². The van der Waals surface area contributed by atoms with E-state index < -0.39 is 11.6 Å². The second kappa shape index (κ2) is 7.13. The molecule has 122 valence electrons. The summed E-state index contributed by atoms with van der Waals surface area (Å²) in [6.07, 6.45) is 0. The van der Waals surface area contributed by atoms with Crippen molar-refractivity contribution in [2.24, 2.45) is 0 Å². The highest BCUT2D eigenvalue weighted by Crippen LogP contribution is 2.18. The smallest absolute Gasteiger partial charge is 0.272 e. The maximum absolute atomic E-state index is 13.3. The van der Waals surface area contributed by atoms with Crippen LogP contribution in [0.5, 0.6) is 0 Å². The van der Waals surface area contributed by atoms with Crippen molar-refractivity contribution < 1.29 is 13.6 Å². The van der Waals surface area contributed by atoms with Gasteiger partial charge in [0.05, 0.1) is 0 Å². The Bertz CT molecular complexity index is 717. The largest absolute Gasteiger partial charge is 0.340 e. The number of nitrogens with zero attached hydrogens (tertiary/aromatic N) is 3. The van der Waals surface area contributed by atoms with Crippen molar-refractivity contribution in [3.05, 3.63) is 47.4 Å². The molecule has 0 aliphatic rings. The number of halogens is 2. The van der Waals surface area contributed by atoms with Crippen molar-refractivity contribution in [3.8, 4) is 0 Å². The Kier molecular flexibility index (Phi) is 5.20. The molecule has 0 fully saturated rings. The number of carbonyl (C=O) groups excluding carboxylic acids is 1. The number of benzene rings is 1. The fraction of sp³-hybridized carbons (Fsp3) is 0.312. The van der Waals surface area contributed by atoms with Crippen molar-refractivity contribution in [1.29, 1.82) is 0 Å². The summed E-state index contributed by atoms with van der Waals surface area (Å²) in [6.45, 7) is 6.58. The van der Waals surface area contributed by atoms with E-state index in [1.165, 1.54) is 12.1 Å². The monoisotopic (exact) mass is 320 g/mol. The van der Waals surface area contributed by atoms with Crippen molar-refractivity contribution >= 4 is 17.4 Å². The summed E-state index contributed by atoms with van der Waals surface area (Å²) in [7, 11) is 0. The van der Waals surface area contributed by atoms with E-state index in [4.69, 9.17) is 0 Å². The lowest BCUT2D eigenvalue weighted by molar-refractivity contribution is 0.0766. The molecule has 0 unspecified atom stereocenters. The third-order valence-corrected chi connectivity index (χ3v) is 3.30. The van der Waals surface area contributed by atoms with Crippen molar-refractivity contribution in [2.75, 3.05) is 18.4 Å². The average molecular weight is 320 g/mol. The molecule has 1 heterocycles. The minimum atomic E-state index is -0.958. The molecule has 0 aliphatic heterocycles. The number of aromatic nitrogens is 2. The van der Waals surface area contributed by atoms with Gasteiger partial charge in [0, 0.05) is 30.9 Å². The summed E-state index contributed by atoms with van der Waals surface area (Å²) >= 11 is 0. The molecule has 0 atom stereocenters. The van der Waals surface area contributed by atoms with Crippen LogP contribution in [0.1, 0.15) is 30.2 Å². The molecule has 2 aromatic rings. The summed E-state index contributed by atoms with van der Waals surface area (Å²) in [4.78, 5) is 22.3. The zero-order chi connectivity index (χ0) is 17.0. The highest BCUT2D eigenvalue weighted by molar-refractivity contribution is 5.93. The van der Waals surface area contributed by atoms with Crippen LogP contribution < -0.4 is 5.32 Å². The van der Waals surface area contributed by atoms with Crippen LogP contribution in [-0.4, -0.2) is 33.9 Å². The predicted molar refractivity (Wildman–Crippen MR) is 83.7 cm³/mol. The van der Waals surface area contributed by atoms with Crippen LogP contribution in [0.3, 0.4) is 0 Å². The van der Waals surface area contributed by atoms with Gasteiger partial charge in [-0.2, -0.15) is 0 Å². The van der Waals surface area contributed by atoms with Crippen LogP contribution >= 0.6 is 0 Å². The third-order valence-electron chi connectivity index (χ3n) is 3.30. The molecule has 1 amide bonds. The van der Waals surface area contributed by atoms with E-state index in [2.05, 4.69) is 15.3 Å². The topological polar surface area (TPSA) is 58.1 Å². The molecule has 1 N–H and O–H groups in total. The Hall–Kier alpha value is -2.57. The molecular weight excluding hydrogens is 302 g/mol. The molecule has 2 rings (SSSR count). The number of rotatable bonds is 5. The van der Waals surface area contributed by atoms with E-state index in [0.29, 0.717) is 30.4 Å². The minimum Gasteiger partial charge on any atom is -0.340 e. The van der Waals surface area contributed by atoms with Crippen LogP contribution in [0, 0.1) is 18.6 Å². The van der Waals surface area contributed by atoms with Crippen molar-refractivity contribution in [2.45, 2.75) is 20.8 Å². The molecule has 0 bridgehead atoms. The van der Waals surface area contributed by atoms with Gasteiger partial charge >= 0.3 is 0 Å². The molecule has 5 nitrogen and oxygen atoms in total. The first-order valence-corrected chi connectivity index (χ1v) is 7.31. The van der Waals surface area contributed by atoms with Crippen LogP contribution in [-0.2, 0) is 0 Å². The van der Waals surface area contributed by atoms with Gasteiger partial charge in [-0.05, 0) is 32.9 Å². The molecule has 0 saturated heterocycles. The van der Waals surface area contributed by atoms with Gasteiger partial charge < -0.3 is 10.2 Å². The highest BCUT2D eigenvalue weighted by Gasteiger charge is 2.16. The summed E-state index contributed by atoms with van der Waals surface area (Å²) < 4.78 is 26.2. The van der Waals surface area contributed by atoms with Gasteiger partial charge in [0.1, 0.15) is 17.3 Å². The highest BCUT2D eigenvalue weighted by atomic mass is 19.2. The standard InChI is InChI=1S/C16H18F2N4O/c1-4-22(5-2)16(23)14-9-15(20-10(3)19-14)21-11-6-7-12(17)13(18)8-11/h6-9H,4-5H2,1-3H3,(H,19,20,21). The van der Waals surface area contributed by atoms with E-state index in [9.17, 15) is 13.6 Å². The Morgan fingerprint density at radius 2 is 1.83 bits per heavy atom. The van der Waals surface area contributed by atoms with E-state index in [1.54, 1.807) is 11.8 Å². The number of aryl methyl sites for hydroxylation is 1. The molecule has 23 heavy (non-hydrogen) atoms. The normalized spacial score (nSPS) is 10.5. The number of nitrogens with one attached hydrogen (secondary N) is 1. The molecule has 0 spiro atoms. The van der Waals surface area contributed by atoms with E-state index in [1.807, 2.05) is 13.8 Å². The van der Waals surface area contributed by atoms with Crippen LogP contribution in [0.25, 0.3) is 0 Å². The average Bonchev–Trinajstić information content (AvgIpc) is 2.51. The van der Waals surface area contributed by atoms with Gasteiger partial charge in [0.15, 0.2) is 11.6 Å². The lowest BCUT2D eigenvalue weighted by Crippen LogP contribution is -2.31. The maximum atomic E-state index is 13.3. The molecule has 0 aliphatic carbocycles. The SMILES string of the molecule is CCN(CC)C(=O)c1cc(Nc2ccc(F)c(F)c2)nc(C)n1. The Balaban J connectivity index is 2.29. The summed E-state index contributed by atoms with van der Waals surface area (Å²) in [6, 6.07) is 4.93. The summed E-state index contributed by atoms with van der Waals surface area (Å²) in [5.41, 5.74) is 0.592. The van der Waals surface area contributed by atoms with Gasteiger partial charge in [-0.25, -0.2) is 18.7 Å². The lowest BCUT2D eigenvalue weighted by atomic mass is 10.2. The maximum Gasteiger partial charge on any atom is 0.272 e. The fourth-order valence-corrected chi connectivity index (χ4v) is 2.14. The molecule has 1 aromatic heterocycles. The first-order chi connectivity index (χ1) is 10.9. The fourth-order valence-electron chi connectivity index (χ4n) is 2.14. The zero-order valence-corrected chi connectivity index (χ0v) is 13.2. The van der Waals surface area contributed by atoms with Gasteiger partial charge in [0.2, 0.25) is 0 Å². The summed E-state index contributed by atoms with van der Waals surface area (Å²) in [5, 5.41) is 2.85. The Morgan fingerprint density at radius 3 is 2.43 bits per heavy atom. The summed E-state index contributed by atoms with van der Waals surface area (Å²) in [5.74, 6) is -1.33. The number of anilines is 2. The number of hydrogen-bond acceptors (Lipinski definition) is 4. The predicted octanol–water partition coefficient (Wildman–Crippen LogP) is 3.29. The first-order valence-electron chi connectivity index (χ1n) is 7.31. The molecular formula is C16H18F2N4O. The van der Waals surface area contributed by atoms with Gasteiger partial charge in [0.25, 0.3) is 5.91 Å². The van der Waals surface area contributed by atoms with Gasteiger partial charge in [-0.15, -0.1) is 0 Å². The van der Waals surface area contributed by atoms with Gasteiger partial charge in [-0.1, -0.05) is 0 Å². The molecule has 0 radical (unpaired) electrons. The number of hydrogen-bond donors (Lipinski definition) is 1. The zero-order valence-electron chi connectivity index (χ0n) is 13.2. The first kappa shape index (κ1) is 16.8. The second-order valence-electron chi connectivity index (χ2n) is 4.92. The van der Waals surface area contributed by atoms with E-state index in [-0.39, 0.29) is 11.6 Å². The van der Waals surface area contributed by atoms with Crippen LogP contribution in [0.4, 0.5) is 20.3 Å². The number of carbonyl (C=O) groups is 1. The Labute approximate surface area is 133 Å². The minimum absolute atomic E-state index is 0.200. The molecule has 7 heteroatoms. The second-order valence-corrected chi connectivity index (χ2v) is 4.92. The van der Waals surface area contributed by atoms with Crippen molar-refractivity contribution in [1.82, 2.24) is 14.9 Å². The van der Waals surface area contributed by atoms with Gasteiger partial charge in [-0.3, -0.25) is 4.79 Å².